The number of ether oxygens (including phenoxy) is 2. The molecule has 2 rings (SSSR count). The zero-order valence-corrected chi connectivity index (χ0v) is 13.1. The first kappa shape index (κ1) is 16.2. The summed E-state index contributed by atoms with van der Waals surface area (Å²) in [6.07, 6.45) is 0.701. The Labute approximate surface area is 135 Å². The summed E-state index contributed by atoms with van der Waals surface area (Å²) in [5.41, 5.74) is 1.06. The van der Waals surface area contributed by atoms with E-state index in [0.717, 1.165) is 11.3 Å². The SMILES string of the molecule is COc1ccccc1CCNC(=O)COc1cccc(Cl)c1. The van der Waals surface area contributed by atoms with E-state index in [0.29, 0.717) is 23.7 Å². The topological polar surface area (TPSA) is 47.6 Å². The molecule has 0 radical (unpaired) electrons. The number of rotatable bonds is 7. The molecule has 0 heterocycles. The third kappa shape index (κ3) is 4.97. The molecule has 0 fully saturated rings. The Bertz CT molecular complexity index is 631. The predicted molar refractivity (Wildman–Crippen MR) is 86.7 cm³/mol. The molecule has 0 unspecified atom stereocenters. The Kier molecular flexibility index (Phi) is 6.10. The zero-order chi connectivity index (χ0) is 15.8. The van der Waals surface area contributed by atoms with E-state index in [1.165, 1.54) is 0 Å². The number of methoxy groups -OCH3 is 1. The highest BCUT2D eigenvalue weighted by Crippen LogP contribution is 2.18. The van der Waals surface area contributed by atoms with E-state index in [1.54, 1.807) is 31.4 Å². The van der Waals surface area contributed by atoms with Gasteiger partial charge >= 0.3 is 0 Å². The first-order valence-electron chi connectivity index (χ1n) is 6.96. The van der Waals surface area contributed by atoms with Crippen LogP contribution < -0.4 is 14.8 Å². The summed E-state index contributed by atoms with van der Waals surface area (Å²) in [6.45, 7) is 0.490. The number of carbonyl (C=O) groups is 1. The lowest BCUT2D eigenvalue weighted by Gasteiger charge is -2.10. The number of halogens is 1. The van der Waals surface area contributed by atoms with Crippen molar-refractivity contribution in [3.63, 3.8) is 0 Å². The maximum absolute atomic E-state index is 11.7. The Morgan fingerprint density at radius 3 is 2.77 bits per heavy atom. The average Bonchev–Trinajstić information content (AvgIpc) is 2.53. The van der Waals surface area contributed by atoms with Crippen LogP contribution in [-0.4, -0.2) is 26.2 Å². The largest absolute Gasteiger partial charge is 0.496 e. The molecule has 0 aliphatic rings. The lowest BCUT2D eigenvalue weighted by Crippen LogP contribution is -2.30. The Morgan fingerprint density at radius 2 is 2.00 bits per heavy atom. The van der Waals surface area contributed by atoms with Crippen LogP contribution in [0, 0.1) is 0 Å². The van der Waals surface area contributed by atoms with E-state index >= 15 is 0 Å². The van der Waals surface area contributed by atoms with Gasteiger partial charge in [0, 0.05) is 11.6 Å². The van der Waals surface area contributed by atoms with Crippen LogP contribution in [0.3, 0.4) is 0 Å². The Balaban J connectivity index is 1.74. The van der Waals surface area contributed by atoms with Gasteiger partial charge in [-0.2, -0.15) is 0 Å². The third-order valence-corrected chi connectivity index (χ3v) is 3.31. The van der Waals surface area contributed by atoms with Crippen molar-refractivity contribution in [3.8, 4) is 11.5 Å². The molecule has 0 saturated heterocycles. The monoisotopic (exact) mass is 319 g/mol. The van der Waals surface area contributed by atoms with E-state index in [9.17, 15) is 4.79 Å². The smallest absolute Gasteiger partial charge is 0.257 e. The highest BCUT2D eigenvalue weighted by Gasteiger charge is 2.05. The molecule has 0 saturated carbocycles. The zero-order valence-electron chi connectivity index (χ0n) is 12.3. The summed E-state index contributed by atoms with van der Waals surface area (Å²) in [4.78, 5) is 11.7. The molecule has 0 spiro atoms. The molecule has 0 aromatic heterocycles. The maximum atomic E-state index is 11.7. The molecule has 4 nitrogen and oxygen atoms in total. The molecular formula is C17H18ClNO3. The van der Waals surface area contributed by atoms with Gasteiger partial charge in [0.1, 0.15) is 11.5 Å². The quantitative estimate of drug-likeness (QED) is 0.853. The normalized spacial score (nSPS) is 10.1. The molecule has 1 N–H and O–H groups in total. The molecular weight excluding hydrogens is 302 g/mol. The minimum absolute atomic E-state index is 0.0354. The van der Waals surface area contributed by atoms with E-state index < -0.39 is 0 Å². The van der Waals surface area contributed by atoms with Crippen LogP contribution in [0.5, 0.6) is 11.5 Å². The molecule has 1 amide bonds. The van der Waals surface area contributed by atoms with Crippen molar-refractivity contribution in [2.24, 2.45) is 0 Å². The third-order valence-electron chi connectivity index (χ3n) is 3.08. The fourth-order valence-corrected chi connectivity index (χ4v) is 2.18. The number of nitrogens with one attached hydrogen (secondary N) is 1. The molecule has 2 aromatic carbocycles. The molecule has 0 aliphatic heterocycles. The maximum Gasteiger partial charge on any atom is 0.257 e. The summed E-state index contributed by atoms with van der Waals surface area (Å²) in [5, 5.41) is 3.39. The number of hydrogen-bond acceptors (Lipinski definition) is 3. The molecule has 22 heavy (non-hydrogen) atoms. The van der Waals surface area contributed by atoms with Gasteiger partial charge in [-0.15, -0.1) is 0 Å². The van der Waals surface area contributed by atoms with Crippen molar-refractivity contribution >= 4 is 17.5 Å². The van der Waals surface area contributed by atoms with Crippen LogP contribution in [0.1, 0.15) is 5.56 Å². The molecule has 0 aliphatic carbocycles. The van der Waals surface area contributed by atoms with Crippen LogP contribution in [0.2, 0.25) is 5.02 Å². The van der Waals surface area contributed by atoms with Gasteiger partial charge in [-0.1, -0.05) is 35.9 Å². The van der Waals surface area contributed by atoms with Gasteiger partial charge < -0.3 is 14.8 Å². The molecule has 0 bridgehead atoms. The summed E-state index contributed by atoms with van der Waals surface area (Å²) >= 11 is 5.85. The van der Waals surface area contributed by atoms with Gasteiger partial charge in [0.2, 0.25) is 0 Å². The second kappa shape index (κ2) is 8.29. The first-order valence-corrected chi connectivity index (χ1v) is 7.34. The fourth-order valence-electron chi connectivity index (χ4n) is 2.00. The Morgan fingerprint density at radius 1 is 1.18 bits per heavy atom. The highest BCUT2D eigenvalue weighted by atomic mass is 35.5. The van der Waals surface area contributed by atoms with Crippen molar-refractivity contribution in [2.45, 2.75) is 6.42 Å². The van der Waals surface area contributed by atoms with Gasteiger partial charge in [0.05, 0.1) is 7.11 Å². The molecule has 0 atom stereocenters. The Hall–Kier alpha value is -2.20. The number of hydrogen-bond donors (Lipinski definition) is 1. The summed E-state index contributed by atoms with van der Waals surface area (Å²) in [6, 6.07) is 14.7. The van der Waals surface area contributed by atoms with E-state index in [4.69, 9.17) is 21.1 Å². The van der Waals surface area contributed by atoms with Crippen molar-refractivity contribution in [1.29, 1.82) is 0 Å². The van der Waals surface area contributed by atoms with Gasteiger partial charge in [-0.3, -0.25) is 4.79 Å². The van der Waals surface area contributed by atoms with E-state index in [1.807, 2.05) is 24.3 Å². The number of benzene rings is 2. The van der Waals surface area contributed by atoms with Crippen LogP contribution in [-0.2, 0) is 11.2 Å². The van der Waals surface area contributed by atoms with Crippen LogP contribution in [0.15, 0.2) is 48.5 Å². The fraction of sp³-hybridized carbons (Fsp3) is 0.235. The van der Waals surface area contributed by atoms with Gasteiger partial charge in [-0.05, 0) is 36.2 Å². The number of carbonyl (C=O) groups excluding carboxylic acids is 1. The standard InChI is InChI=1S/C17H18ClNO3/c1-21-16-8-3-2-5-13(16)9-10-19-17(20)12-22-15-7-4-6-14(18)11-15/h2-8,11H,9-10,12H2,1H3,(H,19,20). The van der Waals surface area contributed by atoms with Gasteiger partial charge in [0.25, 0.3) is 5.91 Å². The van der Waals surface area contributed by atoms with Crippen LogP contribution in [0.25, 0.3) is 0 Å². The molecule has 2 aromatic rings. The summed E-state index contributed by atoms with van der Waals surface area (Å²) < 4.78 is 10.6. The highest BCUT2D eigenvalue weighted by molar-refractivity contribution is 6.30. The van der Waals surface area contributed by atoms with Crippen LogP contribution in [0.4, 0.5) is 0 Å². The second-order valence-electron chi connectivity index (χ2n) is 4.66. The minimum Gasteiger partial charge on any atom is -0.496 e. The van der Waals surface area contributed by atoms with Crippen molar-refractivity contribution in [3.05, 3.63) is 59.1 Å². The number of amides is 1. The lowest BCUT2D eigenvalue weighted by molar-refractivity contribution is -0.123. The van der Waals surface area contributed by atoms with Crippen molar-refractivity contribution < 1.29 is 14.3 Å². The van der Waals surface area contributed by atoms with Crippen molar-refractivity contribution in [2.75, 3.05) is 20.3 Å². The second-order valence-corrected chi connectivity index (χ2v) is 5.09. The van der Waals surface area contributed by atoms with E-state index in [2.05, 4.69) is 5.32 Å². The molecule has 116 valence electrons. The van der Waals surface area contributed by atoms with Gasteiger partial charge in [0.15, 0.2) is 6.61 Å². The first-order chi connectivity index (χ1) is 10.7. The lowest BCUT2D eigenvalue weighted by atomic mass is 10.1. The van der Waals surface area contributed by atoms with Crippen molar-refractivity contribution in [1.82, 2.24) is 5.32 Å². The number of para-hydroxylation sites is 1. The summed E-state index contributed by atoms with van der Waals surface area (Å²) in [5.74, 6) is 1.23. The minimum atomic E-state index is -0.171. The average molecular weight is 320 g/mol. The van der Waals surface area contributed by atoms with Gasteiger partial charge in [-0.25, -0.2) is 0 Å². The predicted octanol–water partition coefficient (Wildman–Crippen LogP) is 3.09. The van der Waals surface area contributed by atoms with E-state index in [-0.39, 0.29) is 12.5 Å². The molecule has 5 heteroatoms. The summed E-state index contributed by atoms with van der Waals surface area (Å²) in [7, 11) is 1.64. The van der Waals surface area contributed by atoms with Crippen LogP contribution >= 0.6 is 11.6 Å².